The number of amides is 1. The first-order valence-corrected chi connectivity index (χ1v) is 4.96. The molecular weight excluding hydrogens is 164 g/mol. The van der Waals surface area contributed by atoms with Crippen LogP contribution in [-0.4, -0.2) is 41.5 Å². The second kappa shape index (κ2) is 3.66. The van der Waals surface area contributed by atoms with E-state index in [0.717, 1.165) is 19.6 Å². The highest BCUT2D eigenvalue weighted by atomic mass is 16.2. The fourth-order valence-electron chi connectivity index (χ4n) is 1.63. The average molecular weight is 184 g/mol. The fraction of sp³-hybridized carbons (Fsp3) is 0.900. The maximum atomic E-state index is 11.5. The van der Waals surface area contributed by atoms with Gasteiger partial charge in [0.15, 0.2) is 0 Å². The quantitative estimate of drug-likeness (QED) is 0.660. The first-order chi connectivity index (χ1) is 5.97. The van der Waals surface area contributed by atoms with E-state index in [-0.39, 0.29) is 5.54 Å². The summed E-state index contributed by atoms with van der Waals surface area (Å²) in [7, 11) is 2.04. The molecule has 0 aromatic carbocycles. The molecule has 1 heterocycles. The minimum atomic E-state index is 0.0561. The minimum Gasteiger partial charge on any atom is -0.325 e. The Kier molecular flexibility index (Phi) is 2.96. The summed E-state index contributed by atoms with van der Waals surface area (Å²) in [5.41, 5.74) is 0.0561. The summed E-state index contributed by atoms with van der Waals surface area (Å²) in [5, 5.41) is 0. The van der Waals surface area contributed by atoms with Crippen LogP contribution in [0.15, 0.2) is 0 Å². The van der Waals surface area contributed by atoms with Crippen LogP contribution in [0.25, 0.3) is 0 Å². The van der Waals surface area contributed by atoms with Crippen molar-refractivity contribution in [2.75, 3.05) is 20.3 Å². The Hall–Kier alpha value is -0.570. The Morgan fingerprint density at radius 3 is 2.54 bits per heavy atom. The van der Waals surface area contributed by atoms with Crippen molar-refractivity contribution in [2.24, 2.45) is 0 Å². The lowest BCUT2D eigenvalue weighted by atomic mass is 10.0. The Morgan fingerprint density at radius 2 is 2.15 bits per heavy atom. The van der Waals surface area contributed by atoms with Gasteiger partial charge in [-0.2, -0.15) is 0 Å². The van der Waals surface area contributed by atoms with E-state index in [1.165, 1.54) is 0 Å². The molecule has 0 aromatic rings. The van der Waals surface area contributed by atoms with Gasteiger partial charge in [-0.15, -0.1) is 0 Å². The fourth-order valence-corrected chi connectivity index (χ4v) is 1.63. The second-order valence-electron chi connectivity index (χ2n) is 4.45. The normalized spacial score (nSPS) is 21.6. The van der Waals surface area contributed by atoms with E-state index in [1.54, 1.807) is 0 Å². The zero-order chi connectivity index (χ0) is 10.1. The van der Waals surface area contributed by atoms with Crippen LogP contribution in [0, 0.1) is 0 Å². The van der Waals surface area contributed by atoms with Crippen LogP contribution in [0.2, 0.25) is 0 Å². The van der Waals surface area contributed by atoms with E-state index < -0.39 is 0 Å². The largest absolute Gasteiger partial charge is 0.325 e. The topological polar surface area (TPSA) is 23.6 Å². The van der Waals surface area contributed by atoms with Gasteiger partial charge in [0, 0.05) is 12.0 Å². The third-order valence-corrected chi connectivity index (χ3v) is 2.91. The van der Waals surface area contributed by atoms with Gasteiger partial charge in [-0.1, -0.05) is 6.92 Å². The van der Waals surface area contributed by atoms with E-state index in [4.69, 9.17) is 0 Å². The molecule has 1 rings (SSSR count). The third-order valence-electron chi connectivity index (χ3n) is 2.91. The monoisotopic (exact) mass is 184 g/mol. The molecule has 0 saturated carbocycles. The summed E-state index contributed by atoms with van der Waals surface area (Å²) in [6.45, 7) is 8.14. The number of rotatable bonds is 3. The molecule has 0 spiro atoms. The van der Waals surface area contributed by atoms with Crippen molar-refractivity contribution in [2.45, 2.75) is 39.2 Å². The van der Waals surface area contributed by atoms with Crippen LogP contribution in [0.4, 0.5) is 0 Å². The van der Waals surface area contributed by atoms with Crippen LogP contribution in [0.3, 0.4) is 0 Å². The smallest absolute Gasteiger partial charge is 0.224 e. The second-order valence-corrected chi connectivity index (χ2v) is 4.45. The van der Waals surface area contributed by atoms with Crippen molar-refractivity contribution in [1.29, 1.82) is 0 Å². The predicted molar refractivity (Wildman–Crippen MR) is 53.3 cm³/mol. The van der Waals surface area contributed by atoms with Gasteiger partial charge in [0.1, 0.15) is 0 Å². The number of nitrogens with zero attached hydrogens (tertiary/aromatic N) is 2. The molecule has 0 bridgehead atoms. The number of hydrogen-bond acceptors (Lipinski definition) is 2. The molecule has 0 N–H and O–H groups in total. The van der Waals surface area contributed by atoms with Crippen LogP contribution in [0.5, 0.6) is 0 Å². The molecular formula is C10H20N2O. The Morgan fingerprint density at radius 1 is 1.54 bits per heavy atom. The van der Waals surface area contributed by atoms with Crippen molar-refractivity contribution in [3.05, 3.63) is 0 Å². The molecule has 0 unspecified atom stereocenters. The highest BCUT2D eigenvalue weighted by Gasteiger charge is 2.37. The molecule has 1 aliphatic heterocycles. The first-order valence-electron chi connectivity index (χ1n) is 4.96. The molecule has 3 heteroatoms. The molecule has 13 heavy (non-hydrogen) atoms. The molecule has 1 saturated heterocycles. The molecule has 0 aromatic heterocycles. The lowest BCUT2D eigenvalue weighted by molar-refractivity contribution is -0.132. The van der Waals surface area contributed by atoms with Crippen LogP contribution >= 0.6 is 0 Å². The van der Waals surface area contributed by atoms with Gasteiger partial charge in [-0.05, 0) is 33.9 Å². The Labute approximate surface area is 80.7 Å². The lowest BCUT2D eigenvalue weighted by Gasteiger charge is -2.34. The predicted octanol–water partition coefficient (Wildman–Crippen LogP) is 1.30. The van der Waals surface area contributed by atoms with E-state index in [1.807, 2.05) is 11.9 Å². The van der Waals surface area contributed by atoms with E-state index >= 15 is 0 Å². The van der Waals surface area contributed by atoms with Gasteiger partial charge in [-0.3, -0.25) is 9.69 Å². The highest BCUT2D eigenvalue weighted by molar-refractivity contribution is 5.79. The molecule has 1 amide bonds. The van der Waals surface area contributed by atoms with Gasteiger partial charge in [0.05, 0.1) is 6.67 Å². The van der Waals surface area contributed by atoms with Crippen molar-refractivity contribution < 1.29 is 4.79 Å². The van der Waals surface area contributed by atoms with Gasteiger partial charge in [0.25, 0.3) is 0 Å². The SMILES string of the molecule is CCN(C)CN1C(=O)CCC1(C)C. The van der Waals surface area contributed by atoms with E-state index in [0.29, 0.717) is 12.3 Å². The maximum Gasteiger partial charge on any atom is 0.224 e. The first kappa shape index (κ1) is 10.5. The van der Waals surface area contributed by atoms with E-state index in [2.05, 4.69) is 25.7 Å². The number of carbonyl (C=O) groups excluding carboxylic acids is 1. The molecule has 3 nitrogen and oxygen atoms in total. The molecule has 1 fully saturated rings. The van der Waals surface area contributed by atoms with E-state index in [9.17, 15) is 4.79 Å². The van der Waals surface area contributed by atoms with Crippen molar-refractivity contribution >= 4 is 5.91 Å². The Balaban J connectivity index is 2.60. The van der Waals surface area contributed by atoms with Gasteiger partial charge >= 0.3 is 0 Å². The maximum absolute atomic E-state index is 11.5. The molecule has 76 valence electrons. The average Bonchev–Trinajstić information content (AvgIpc) is 2.31. The summed E-state index contributed by atoms with van der Waals surface area (Å²) in [6, 6.07) is 0. The zero-order valence-corrected chi connectivity index (χ0v) is 9.13. The standard InChI is InChI=1S/C10H20N2O/c1-5-11(4)8-12-9(13)6-7-10(12,2)3/h5-8H2,1-4H3. The van der Waals surface area contributed by atoms with Crippen LogP contribution < -0.4 is 0 Å². The van der Waals surface area contributed by atoms with Crippen molar-refractivity contribution in [3.63, 3.8) is 0 Å². The zero-order valence-electron chi connectivity index (χ0n) is 9.13. The van der Waals surface area contributed by atoms with Gasteiger partial charge in [0.2, 0.25) is 5.91 Å². The third kappa shape index (κ3) is 2.21. The summed E-state index contributed by atoms with van der Waals surface area (Å²) < 4.78 is 0. The van der Waals surface area contributed by atoms with Crippen molar-refractivity contribution in [3.8, 4) is 0 Å². The van der Waals surface area contributed by atoms with Gasteiger partial charge in [-0.25, -0.2) is 0 Å². The number of likely N-dealkylation sites (tertiary alicyclic amines) is 1. The summed E-state index contributed by atoms with van der Waals surface area (Å²) in [4.78, 5) is 15.7. The molecule has 0 radical (unpaired) electrons. The molecule has 0 atom stereocenters. The molecule has 1 aliphatic rings. The number of hydrogen-bond donors (Lipinski definition) is 0. The highest BCUT2D eigenvalue weighted by Crippen LogP contribution is 2.28. The summed E-state index contributed by atoms with van der Waals surface area (Å²) in [5.74, 6) is 0.297. The minimum absolute atomic E-state index is 0.0561. The Bertz CT molecular complexity index is 201. The lowest BCUT2D eigenvalue weighted by Crippen LogP contribution is -2.46. The van der Waals surface area contributed by atoms with Crippen LogP contribution in [0.1, 0.15) is 33.6 Å². The van der Waals surface area contributed by atoms with Crippen LogP contribution in [-0.2, 0) is 4.79 Å². The van der Waals surface area contributed by atoms with Gasteiger partial charge < -0.3 is 4.90 Å². The number of carbonyl (C=O) groups is 1. The van der Waals surface area contributed by atoms with Crippen molar-refractivity contribution in [1.82, 2.24) is 9.80 Å². The summed E-state index contributed by atoms with van der Waals surface area (Å²) >= 11 is 0. The molecule has 0 aliphatic carbocycles. The summed E-state index contributed by atoms with van der Waals surface area (Å²) in [6.07, 6.45) is 1.70.